The van der Waals surface area contributed by atoms with Crippen molar-refractivity contribution in [1.82, 2.24) is 5.32 Å². The molecule has 1 amide bonds. The molecule has 1 N–H and O–H groups in total. The summed E-state index contributed by atoms with van der Waals surface area (Å²) >= 11 is 0. The van der Waals surface area contributed by atoms with Crippen molar-refractivity contribution in [3.63, 3.8) is 0 Å². The molecule has 4 nitrogen and oxygen atoms in total. The van der Waals surface area contributed by atoms with Crippen molar-refractivity contribution in [2.75, 3.05) is 19.8 Å². The summed E-state index contributed by atoms with van der Waals surface area (Å²) in [7, 11) is 0. The Labute approximate surface area is 78.6 Å². The quantitative estimate of drug-likeness (QED) is 0.637. The number of alkyl carbamates (subject to hydrolysis) is 1. The zero-order valence-electron chi connectivity index (χ0n) is 8.04. The minimum absolute atomic E-state index is 0.0888. The Bertz CT molecular complexity index is 161. The van der Waals surface area contributed by atoms with Gasteiger partial charge < -0.3 is 14.8 Å². The molecule has 0 aromatic rings. The van der Waals surface area contributed by atoms with E-state index in [1.807, 2.05) is 0 Å². The average molecular weight is 187 g/mol. The molecule has 1 saturated heterocycles. The molecule has 1 aliphatic rings. The van der Waals surface area contributed by atoms with E-state index in [4.69, 9.17) is 9.47 Å². The summed E-state index contributed by atoms with van der Waals surface area (Å²) in [5.41, 5.74) is 0. The number of carbonyl (C=O) groups is 1. The summed E-state index contributed by atoms with van der Waals surface area (Å²) < 4.78 is 10.2. The van der Waals surface area contributed by atoms with Gasteiger partial charge in [-0.25, -0.2) is 4.79 Å². The number of hydrogen-bond acceptors (Lipinski definition) is 3. The van der Waals surface area contributed by atoms with Crippen molar-refractivity contribution < 1.29 is 14.3 Å². The lowest BCUT2D eigenvalue weighted by atomic mass is 10.3. The van der Waals surface area contributed by atoms with E-state index < -0.39 is 0 Å². The zero-order valence-corrected chi connectivity index (χ0v) is 8.04. The Morgan fingerprint density at radius 3 is 3.08 bits per heavy atom. The monoisotopic (exact) mass is 187 g/mol. The van der Waals surface area contributed by atoms with Crippen LogP contribution >= 0.6 is 0 Å². The lowest BCUT2D eigenvalue weighted by Gasteiger charge is -2.07. The Kier molecular flexibility index (Phi) is 4.60. The van der Waals surface area contributed by atoms with Crippen LogP contribution in [0.4, 0.5) is 4.79 Å². The first-order chi connectivity index (χ1) is 6.33. The van der Waals surface area contributed by atoms with E-state index in [1.165, 1.54) is 12.8 Å². The molecule has 0 aromatic heterocycles. The van der Waals surface area contributed by atoms with Crippen molar-refractivity contribution in [3.05, 3.63) is 0 Å². The van der Waals surface area contributed by atoms with Crippen LogP contribution < -0.4 is 5.32 Å². The van der Waals surface area contributed by atoms with Gasteiger partial charge in [-0.2, -0.15) is 0 Å². The minimum Gasteiger partial charge on any atom is -0.442 e. The zero-order chi connectivity index (χ0) is 9.52. The van der Waals surface area contributed by atoms with Crippen molar-refractivity contribution in [2.24, 2.45) is 0 Å². The number of rotatable bonds is 6. The Morgan fingerprint density at radius 1 is 1.62 bits per heavy atom. The predicted molar refractivity (Wildman–Crippen MR) is 48.6 cm³/mol. The van der Waals surface area contributed by atoms with Crippen LogP contribution in [0, 0.1) is 0 Å². The maximum Gasteiger partial charge on any atom is 0.407 e. The number of hydrogen-bond donors (Lipinski definition) is 1. The molecule has 0 saturated carbocycles. The van der Waals surface area contributed by atoms with E-state index >= 15 is 0 Å². The third-order valence-corrected chi connectivity index (χ3v) is 1.94. The van der Waals surface area contributed by atoms with Gasteiger partial charge in [0.2, 0.25) is 0 Å². The molecular formula is C9H17NO3. The maximum absolute atomic E-state index is 10.6. The van der Waals surface area contributed by atoms with Gasteiger partial charge in [0.05, 0.1) is 13.2 Å². The molecule has 0 aromatic carbocycles. The lowest BCUT2D eigenvalue weighted by Crippen LogP contribution is -2.20. The molecular weight excluding hydrogens is 170 g/mol. The highest BCUT2D eigenvalue weighted by Crippen LogP contribution is 2.01. The molecule has 1 heterocycles. The Hall–Kier alpha value is -0.770. The normalized spacial score (nSPS) is 21.3. The van der Waals surface area contributed by atoms with E-state index in [-0.39, 0.29) is 12.2 Å². The smallest absolute Gasteiger partial charge is 0.407 e. The molecule has 1 fully saturated rings. The minimum atomic E-state index is -0.331. The van der Waals surface area contributed by atoms with Gasteiger partial charge in [-0.3, -0.25) is 0 Å². The van der Waals surface area contributed by atoms with E-state index in [1.54, 1.807) is 0 Å². The highest BCUT2D eigenvalue weighted by molar-refractivity contribution is 5.69. The largest absolute Gasteiger partial charge is 0.442 e. The van der Waals surface area contributed by atoms with Gasteiger partial charge >= 0.3 is 6.09 Å². The molecule has 0 bridgehead atoms. The summed E-state index contributed by atoms with van der Waals surface area (Å²) in [5.74, 6) is 0. The fraction of sp³-hybridized carbons (Fsp3) is 0.889. The number of nitrogens with one attached hydrogen (secondary N) is 1. The summed E-state index contributed by atoms with van der Waals surface area (Å²) in [6.07, 6.45) is 3.06. The molecule has 1 aliphatic heterocycles. The molecule has 0 spiro atoms. The van der Waals surface area contributed by atoms with Crippen molar-refractivity contribution >= 4 is 6.09 Å². The second-order valence-corrected chi connectivity index (χ2v) is 3.19. The molecule has 4 heteroatoms. The number of unbranched alkanes of at least 4 members (excludes halogenated alkanes) is 2. The van der Waals surface area contributed by atoms with Gasteiger partial charge in [0.15, 0.2) is 0 Å². The fourth-order valence-corrected chi connectivity index (χ4v) is 1.19. The van der Waals surface area contributed by atoms with E-state index in [9.17, 15) is 4.79 Å². The summed E-state index contributed by atoms with van der Waals surface area (Å²) in [6, 6.07) is 0. The van der Waals surface area contributed by atoms with E-state index in [0.29, 0.717) is 13.2 Å². The first kappa shape index (κ1) is 10.3. The second kappa shape index (κ2) is 5.80. The van der Waals surface area contributed by atoms with Gasteiger partial charge in [0.25, 0.3) is 0 Å². The van der Waals surface area contributed by atoms with Crippen LogP contribution in [0.5, 0.6) is 0 Å². The third kappa shape index (κ3) is 4.12. The average Bonchev–Trinajstić information content (AvgIpc) is 2.51. The van der Waals surface area contributed by atoms with Gasteiger partial charge in [-0.05, 0) is 6.42 Å². The van der Waals surface area contributed by atoms with Crippen LogP contribution in [0.1, 0.15) is 26.2 Å². The van der Waals surface area contributed by atoms with Crippen LogP contribution in [0.2, 0.25) is 0 Å². The van der Waals surface area contributed by atoms with Crippen LogP contribution in [-0.4, -0.2) is 32.0 Å². The van der Waals surface area contributed by atoms with Crippen molar-refractivity contribution in [2.45, 2.75) is 32.3 Å². The highest BCUT2D eigenvalue weighted by Gasteiger charge is 2.21. The van der Waals surface area contributed by atoms with Gasteiger partial charge in [0, 0.05) is 6.61 Å². The summed E-state index contributed by atoms with van der Waals surface area (Å²) in [6.45, 7) is 4.01. The van der Waals surface area contributed by atoms with Crippen LogP contribution in [0.15, 0.2) is 0 Å². The first-order valence-corrected chi connectivity index (χ1v) is 4.85. The van der Waals surface area contributed by atoms with E-state index in [2.05, 4.69) is 12.2 Å². The SMILES string of the molecule is CCCCCOCC1CNC(=O)O1. The van der Waals surface area contributed by atoms with Gasteiger partial charge in [0.1, 0.15) is 6.10 Å². The van der Waals surface area contributed by atoms with Crippen molar-refractivity contribution in [3.8, 4) is 0 Å². The molecule has 1 unspecified atom stereocenters. The fourth-order valence-electron chi connectivity index (χ4n) is 1.19. The lowest BCUT2D eigenvalue weighted by molar-refractivity contribution is 0.0445. The number of amides is 1. The standard InChI is InChI=1S/C9H17NO3/c1-2-3-4-5-12-7-8-6-10-9(11)13-8/h8H,2-7H2,1H3,(H,10,11). The molecule has 76 valence electrons. The molecule has 13 heavy (non-hydrogen) atoms. The van der Waals surface area contributed by atoms with Gasteiger partial charge in [-0.15, -0.1) is 0 Å². The molecule has 0 aliphatic carbocycles. The molecule has 1 rings (SSSR count). The summed E-state index contributed by atoms with van der Waals surface area (Å²) in [5, 5.41) is 2.58. The molecule has 1 atom stereocenters. The number of ether oxygens (including phenoxy) is 2. The van der Waals surface area contributed by atoms with Crippen molar-refractivity contribution in [1.29, 1.82) is 0 Å². The van der Waals surface area contributed by atoms with Crippen LogP contribution in [-0.2, 0) is 9.47 Å². The number of cyclic esters (lactones) is 1. The highest BCUT2D eigenvalue weighted by atomic mass is 16.6. The summed E-state index contributed by atoms with van der Waals surface area (Å²) in [4.78, 5) is 10.6. The number of carbonyl (C=O) groups excluding carboxylic acids is 1. The maximum atomic E-state index is 10.6. The second-order valence-electron chi connectivity index (χ2n) is 3.19. The van der Waals surface area contributed by atoms with E-state index in [0.717, 1.165) is 13.0 Å². The Balaban J connectivity index is 1.91. The van der Waals surface area contributed by atoms with Crippen LogP contribution in [0.3, 0.4) is 0 Å². The van der Waals surface area contributed by atoms with Crippen LogP contribution in [0.25, 0.3) is 0 Å². The third-order valence-electron chi connectivity index (χ3n) is 1.94. The molecule has 0 radical (unpaired) electrons. The topological polar surface area (TPSA) is 47.6 Å². The first-order valence-electron chi connectivity index (χ1n) is 4.85. The predicted octanol–water partition coefficient (Wildman–Crippen LogP) is 1.30. The van der Waals surface area contributed by atoms with Gasteiger partial charge in [-0.1, -0.05) is 19.8 Å². The Morgan fingerprint density at radius 2 is 2.46 bits per heavy atom.